The van der Waals surface area contributed by atoms with Gasteiger partial charge in [-0.15, -0.1) is 0 Å². The van der Waals surface area contributed by atoms with E-state index >= 15 is 0 Å². The van der Waals surface area contributed by atoms with E-state index in [1.54, 1.807) is 14.1 Å². The summed E-state index contributed by atoms with van der Waals surface area (Å²) in [7, 11) is 3.41. The molecule has 3 rings (SSSR count). The Kier molecular flexibility index (Phi) is 5.15. The largest absolute Gasteiger partial charge is 0.388 e. The van der Waals surface area contributed by atoms with Gasteiger partial charge < -0.3 is 14.5 Å². The van der Waals surface area contributed by atoms with Crippen LogP contribution < -0.4 is 0 Å². The molecule has 7 nitrogen and oxygen atoms in total. The van der Waals surface area contributed by atoms with Crippen LogP contribution in [-0.2, 0) is 11.3 Å². The number of hydrogen-bond acceptors (Lipinski definition) is 6. The van der Waals surface area contributed by atoms with Crippen LogP contribution in [0.15, 0.2) is 34.9 Å². The first kappa shape index (κ1) is 17.6. The SMILES string of the molecule is CN(C)C(=O)CC1(O)CCCN(Cc2nc(-c3ccccc3)no2)C1. The summed E-state index contributed by atoms with van der Waals surface area (Å²) in [6.45, 7) is 1.73. The number of nitrogens with zero attached hydrogens (tertiary/aromatic N) is 4. The molecule has 0 radical (unpaired) electrons. The highest BCUT2D eigenvalue weighted by molar-refractivity contribution is 5.76. The van der Waals surface area contributed by atoms with E-state index in [1.165, 1.54) is 4.90 Å². The van der Waals surface area contributed by atoms with Crippen molar-refractivity contribution >= 4 is 5.91 Å². The van der Waals surface area contributed by atoms with Gasteiger partial charge in [0.15, 0.2) is 0 Å². The molecule has 1 N–H and O–H groups in total. The number of β-amino-alcohol motifs (C(OH)–C–C–N with tert-alkyl or cyclic N) is 1. The minimum Gasteiger partial charge on any atom is -0.388 e. The molecule has 1 atom stereocenters. The number of amides is 1. The van der Waals surface area contributed by atoms with E-state index in [-0.39, 0.29) is 12.3 Å². The van der Waals surface area contributed by atoms with Gasteiger partial charge in [-0.25, -0.2) is 0 Å². The van der Waals surface area contributed by atoms with Crippen LogP contribution in [-0.4, -0.2) is 63.7 Å². The summed E-state index contributed by atoms with van der Waals surface area (Å²) in [6, 6.07) is 9.66. The molecular weight excluding hydrogens is 320 g/mol. The van der Waals surface area contributed by atoms with Gasteiger partial charge in [-0.2, -0.15) is 4.98 Å². The summed E-state index contributed by atoms with van der Waals surface area (Å²) >= 11 is 0. The maximum atomic E-state index is 11.9. The average Bonchev–Trinajstić information content (AvgIpc) is 3.03. The summed E-state index contributed by atoms with van der Waals surface area (Å²) in [4.78, 5) is 20.0. The third-order valence-electron chi connectivity index (χ3n) is 4.47. The number of likely N-dealkylation sites (tertiary alicyclic amines) is 1. The van der Waals surface area contributed by atoms with Crippen molar-refractivity contribution in [2.45, 2.75) is 31.4 Å². The van der Waals surface area contributed by atoms with Gasteiger partial charge in [0.1, 0.15) is 0 Å². The molecule has 2 aromatic rings. The van der Waals surface area contributed by atoms with Gasteiger partial charge in [0.05, 0.1) is 18.6 Å². The van der Waals surface area contributed by atoms with Crippen molar-refractivity contribution < 1.29 is 14.4 Å². The number of carbonyl (C=O) groups excluding carboxylic acids is 1. The third-order valence-corrected chi connectivity index (χ3v) is 4.47. The number of aromatic nitrogens is 2. The Morgan fingerprint density at radius 3 is 2.84 bits per heavy atom. The van der Waals surface area contributed by atoms with Crippen LogP contribution >= 0.6 is 0 Å². The van der Waals surface area contributed by atoms with Gasteiger partial charge in [-0.05, 0) is 19.4 Å². The lowest BCUT2D eigenvalue weighted by atomic mass is 9.89. The summed E-state index contributed by atoms with van der Waals surface area (Å²) in [5, 5.41) is 14.8. The summed E-state index contributed by atoms with van der Waals surface area (Å²) in [5.74, 6) is 1.02. The van der Waals surface area contributed by atoms with E-state index in [9.17, 15) is 9.90 Å². The first-order valence-corrected chi connectivity index (χ1v) is 8.48. The van der Waals surface area contributed by atoms with Gasteiger partial charge >= 0.3 is 0 Å². The lowest BCUT2D eigenvalue weighted by Crippen LogP contribution is -2.50. The molecule has 1 unspecified atom stereocenters. The number of benzene rings is 1. The molecule has 0 bridgehead atoms. The molecular formula is C18H24N4O3. The van der Waals surface area contributed by atoms with E-state index in [0.717, 1.165) is 18.5 Å². The molecule has 1 aliphatic rings. The lowest BCUT2D eigenvalue weighted by molar-refractivity contribution is -0.136. The van der Waals surface area contributed by atoms with Crippen LogP contribution in [0.1, 0.15) is 25.2 Å². The van der Waals surface area contributed by atoms with Crippen LogP contribution in [0.5, 0.6) is 0 Å². The predicted molar refractivity (Wildman–Crippen MR) is 92.5 cm³/mol. The van der Waals surface area contributed by atoms with E-state index in [1.807, 2.05) is 30.3 Å². The molecule has 7 heteroatoms. The molecule has 1 aromatic heterocycles. The Hall–Kier alpha value is -2.25. The molecule has 1 fully saturated rings. The molecule has 25 heavy (non-hydrogen) atoms. The molecule has 2 heterocycles. The fourth-order valence-corrected chi connectivity index (χ4v) is 3.14. The van der Waals surface area contributed by atoms with Crippen molar-refractivity contribution in [3.63, 3.8) is 0 Å². The van der Waals surface area contributed by atoms with Crippen molar-refractivity contribution in [1.29, 1.82) is 0 Å². The zero-order valence-corrected chi connectivity index (χ0v) is 14.7. The Balaban J connectivity index is 1.63. The Morgan fingerprint density at radius 1 is 1.36 bits per heavy atom. The average molecular weight is 344 g/mol. The first-order valence-electron chi connectivity index (χ1n) is 8.48. The van der Waals surface area contributed by atoms with Gasteiger partial charge in [-0.1, -0.05) is 35.5 Å². The third kappa shape index (κ3) is 4.43. The summed E-state index contributed by atoms with van der Waals surface area (Å²) < 4.78 is 5.35. The molecule has 1 saturated heterocycles. The van der Waals surface area contributed by atoms with Crippen molar-refractivity contribution in [2.24, 2.45) is 0 Å². The molecule has 0 spiro atoms. The summed E-state index contributed by atoms with van der Waals surface area (Å²) in [6.07, 6.45) is 1.59. The van der Waals surface area contributed by atoms with Crippen molar-refractivity contribution in [3.8, 4) is 11.4 Å². The van der Waals surface area contributed by atoms with Gasteiger partial charge in [0.2, 0.25) is 17.6 Å². The highest BCUT2D eigenvalue weighted by atomic mass is 16.5. The van der Waals surface area contributed by atoms with Crippen LogP contribution in [0.4, 0.5) is 0 Å². The fourth-order valence-electron chi connectivity index (χ4n) is 3.14. The standard InChI is InChI=1S/C18H24N4O3/c1-21(2)16(23)11-18(24)9-6-10-22(13-18)12-15-19-17(20-25-15)14-7-4-3-5-8-14/h3-5,7-8,24H,6,9-13H2,1-2H3. The quantitative estimate of drug-likeness (QED) is 0.886. The maximum absolute atomic E-state index is 11.9. The first-order chi connectivity index (χ1) is 12.0. The Morgan fingerprint density at radius 2 is 2.12 bits per heavy atom. The number of rotatable bonds is 5. The Bertz CT molecular complexity index is 716. The second-order valence-corrected chi connectivity index (χ2v) is 6.88. The second kappa shape index (κ2) is 7.33. The highest BCUT2D eigenvalue weighted by Crippen LogP contribution is 2.26. The number of piperidine rings is 1. The second-order valence-electron chi connectivity index (χ2n) is 6.88. The zero-order chi connectivity index (χ0) is 17.9. The molecule has 134 valence electrons. The summed E-state index contributed by atoms with van der Waals surface area (Å²) in [5.41, 5.74) is -0.0914. The van der Waals surface area contributed by atoms with Gasteiger partial charge in [-0.3, -0.25) is 9.69 Å². The molecule has 0 aliphatic carbocycles. The van der Waals surface area contributed by atoms with E-state index in [4.69, 9.17) is 4.52 Å². The molecule has 1 aliphatic heterocycles. The maximum Gasteiger partial charge on any atom is 0.241 e. The van der Waals surface area contributed by atoms with Crippen LogP contribution in [0, 0.1) is 0 Å². The van der Waals surface area contributed by atoms with Gasteiger partial charge in [0.25, 0.3) is 0 Å². The van der Waals surface area contributed by atoms with E-state index < -0.39 is 5.60 Å². The van der Waals surface area contributed by atoms with Crippen molar-refractivity contribution in [3.05, 3.63) is 36.2 Å². The monoisotopic (exact) mass is 344 g/mol. The van der Waals surface area contributed by atoms with Crippen LogP contribution in [0.25, 0.3) is 11.4 Å². The smallest absolute Gasteiger partial charge is 0.241 e. The highest BCUT2D eigenvalue weighted by Gasteiger charge is 2.36. The number of aliphatic hydroxyl groups is 1. The predicted octanol–water partition coefficient (Wildman–Crippen LogP) is 1.54. The van der Waals surface area contributed by atoms with E-state index in [2.05, 4.69) is 15.0 Å². The molecule has 1 aromatic carbocycles. The normalized spacial score (nSPS) is 21.2. The number of hydrogen-bond donors (Lipinski definition) is 1. The van der Waals surface area contributed by atoms with Crippen LogP contribution in [0.2, 0.25) is 0 Å². The minimum atomic E-state index is -0.998. The molecule has 0 saturated carbocycles. The topological polar surface area (TPSA) is 82.7 Å². The van der Waals surface area contributed by atoms with Crippen LogP contribution in [0.3, 0.4) is 0 Å². The van der Waals surface area contributed by atoms with Crippen molar-refractivity contribution in [2.75, 3.05) is 27.2 Å². The van der Waals surface area contributed by atoms with E-state index in [0.29, 0.717) is 31.2 Å². The number of carbonyl (C=O) groups is 1. The fraction of sp³-hybridized carbons (Fsp3) is 0.500. The molecule has 1 amide bonds. The minimum absolute atomic E-state index is 0.0616. The Labute approximate surface area is 147 Å². The zero-order valence-electron chi connectivity index (χ0n) is 14.7. The lowest BCUT2D eigenvalue weighted by Gasteiger charge is -2.38. The van der Waals surface area contributed by atoms with Gasteiger partial charge in [0, 0.05) is 26.2 Å². The van der Waals surface area contributed by atoms with Crippen molar-refractivity contribution in [1.82, 2.24) is 19.9 Å².